The van der Waals surface area contributed by atoms with Crippen molar-refractivity contribution in [2.24, 2.45) is 5.92 Å². The van der Waals surface area contributed by atoms with Gasteiger partial charge in [0.1, 0.15) is 0 Å². The summed E-state index contributed by atoms with van der Waals surface area (Å²) < 4.78 is 0. The van der Waals surface area contributed by atoms with Crippen molar-refractivity contribution in [3.8, 4) is 0 Å². The summed E-state index contributed by atoms with van der Waals surface area (Å²) in [5.41, 5.74) is 2.79. The van der Waals surface area contributed by atoms with Gasteiger partial charge in [0, 0.05) is 19.1 Å². The molecule has 0 saturated heterocycles. The lowest BCUT2D eigenvalue weighted by molar-refractivity contribution is 0.158. The van der Waals surface area contributed by atoms with Crippen LogP contribution in [0.4, 0.5) is 0 Å². The fourth-order valence-electron chi connectivity index (χ4n) is 3.62. The van der Waals surface area contributed by atoms with Crippen molar-refractivity contribution in [1.29, 1.82) is 0 Å². The molecular weight excluding hydrogens is 266 g/mol. The Kier molecular flexibility index (Phi) is 5.07. The first-order chi connectivity index (χ1) is 10.9. The summed E-state index contributed by atoms with van der Waals surface area (Å²) in [5.74, 6) is 0.632. The predicted octanol–water partition coefficient (Wildman–Crippen LogP) is 5.04. The lowest BCUT2D eigenvalue weighted by Crippen LogP contribution is -2.36. The lowest BCUT2D eigenvalue weighted by Gasteiger charge is -2.32. The largest absolute Gasteiger partial charge is 0.291 e. The van der Waals surface area contributed by atoms with Crippen molar-refractivity contribution < 1.29 is 0 Å². The molecule has 0 bridgehead atoms. The molecule has 0 amide bonds. The normalized spacial score (nSPS) is 21.1. The molecule has 0 aromatic heterocycles. The highest BCUT2D eigenvalue weighted by atomic mass is 15.2. The number of hydrogen-bond donors (Lipinski definition) is 0. The van der Waals surface area contributed by atoms with E-state index < -0.39 is 0 Å². The molecule has 114 valence electrons. The molecule has 1 saturated carbocycles. The average molecular weight is 291 g/mol. The SMILES string of the molecule is C=C[C@@H]1CCC[C@@H]1N(Cc1ccccc1)Cc1ccccc1. The van der Waals surface area contributed by atoms with Gasteiger partial charge >= 0.3 is 0 Å². The smallest absolute Gasteiger partial charge is 0.0240 e. The molecule has 0 N–H and O–H groups in total. The quantitative estimate of drug-likeness (QED) is 0.674. The van der Waals surface area contributed by atoms with Gasteiger partial charge in [-0.25, -0.2) is 0 Å². The van der Waals surface area contributed by atoms with Crippen molar-refractivity contribution in [3.05, 3.63) is 84.4 Å². The van der Waals surface area contributed by atoms with Crippen molar-refractivity contribution in [3.63, 3.8) is 0 Å². The monoisotopic (exact) mass is 291 g/mol. The lowest BCUT2D eigenvalue weighted by atomic mass is 10.0. The summed E-state index contributed by atoms with van der Waals surface area (Å²) in [6.07, 6.45) is 6.06. The van der Waals surface area contributed by atoms with Crippen LogP contribution in [0.2, 0.25) is 0 Å². The van der Waals surface area contributed by atoms with Crippen molar-refractivity contribution in [2.75, 3.05) is 0 Å². The van der Waals surface area contributed by atoms with E-state index in [2.05, 4.69) is 78.2 Å². The van der Waals surface area contributed by atoms with Crippen LogP contribution in [-0.2, 0) is 13.1 Å². The molecule has 2 atom stereocenters. The second-order valence-corrected chi connectivity index (χ2v) is 6.27. The zero-order valence-electron chi connectivity index (χ0n) is 13.2. The highest BCUT2D eigenvalue weighted by Gasteiger charge is 2.30. The Hall–Kier alpha value is -1.86. The molecule has 0 unspecified atom stereocenters. The van der Waals surface area contributed by atoms with Crippen LogP contribution in [-0.4, -0.2) is 10.9 Å². The minimum atomic E-state index is 0.623. The number of nitrogens with zero attached hydrogens (tertiary/aromatic N) is 1. The Labute approximate surface area is 134 Å². The summed E-state index contributed by atoms with van der Waals surface area (Å²) in [5, 5.41) is 0. The van der Waals surface area contributed by atoms with E-state index in [0.717, 1.165) is 13.1 Å². The molecule has 1 nitrogen and oxygen atoms in total. The van der Waals surface area contributed by atoms with Gasteiger partial charge in [-0.05, 0) is 29.9 Å². The van der Waals surface area contributed by atoms with Gasteiger partial charge in [-0.15, -0.1) is 6.58 Å². The van der Waals surface area contributed by atoms with Crippen LogP contribution >= 0.6 is 0 Å². The first-order valence-electron chi connectivity index (χ1n) is 8.31. The van der Waals surface area contributed by atoms with E-state index >= 15 is 0 Å². The molecule has 22 heavy (non-hydrogen) atoms. The van der Waals surface area contributed by atoms with Crippen LogP contribution in [0.15, 0.2) is 73.3 Å². The summed E-state index contributed by atoms with van der Waals surface area (Å²) in [6, 6.07) is 22.3. The number of benzene rings is 2. The maximum atomic E-state index is 4.06. The Bertz CT molecular complexity index is 534. The maximum Gasteiger partial charge on any atom is 0.0240 e. The Morgan fingerprint density at radius 3 is 1.91 bits per heavy atom. The summed E-state index contributed by atoms with van der Waals surface area (Å²) in [4.78, 5) is 2.64. The summed E-state index contributed by atoms with van der Waals surface area (Å²) >= 11 is 0. The van der Waals surface area contributed by atoms with Crippen LogP contribution in [0, 0.1) is 5.92 Å². The van der Waals surface area contributed by atoms with Crippen molar-refractivity contribution in [1.82, 2.24) is 4.90 Å². The molecular formula is C21H25N. The highest BCUT2D eigenvalue weighted by Crippen LogP contribution is 2.32. The van der Waals surface area contributed by atoms with Crippen LogP contribution in [0.3, 0.4) is 0 Å². The predicted molar refractivity (Wildman–Crippen MR) is 93.5 cm³/mol. The van der Waals surface area contributed by atoms with E-state index in [4.69, 9.17) is 0 Å². The van der Waals surface area contributed by atoms with E-state index in [-0.39, 0.29) is 0 Å². The first kappa shape index (κ1) is 15.1. The van der Waals surface area contributed by atoms with Gasteiger partial charge in [0.15, 0.2) is 0 Å². The summed E-state index contributed by atoms with van der Waals surface area (Å²) in [7, 11) is 0. The second-order valence-electron chi connectivity index (χ2n) is 6.27. The Morgan fingerprint density at radius 2 is 1.41 bits per heavy atom. The molecule has 1 aliphatic rings. The van der Waals surface area contributed by atoms with Crippen molar-refractivity contribution in [2.45, 2.75) is 38.4 Å². The fraction of sp³-hybridized carbons (Fsp3) is 0.333. The third-order valence-electron chi connectivity index (χ3n) is 4.76. The number of rotatable bonds is 6. The van der Waals surface area contributed by atoms with E-state index in [9.17, 15) is 0 Å². The second kappa shape index (κ2) is 7.42. The number of hydrogen-bond acceptors (Lipinski definition) is 1. The zero-order valence-corrected chi connectivity index (χ0v) is 13.2. The molecule has 1 aliphatic carbocycles. The van der Waals surface area contributed by atoms with Crippen LogP contribution in [0.5, 0.6) is 0 Å². The third-order valence-corrected chi connectivity index (χ3v) is 4.76. The summed E-state index contributed by atoms with van der Waals surface area (Å²) in [6.45, 7) is 6.10. The third kappa shape index (κ3) is 3.66. The van der Waals surface area contributed by atoms with Gasteiger partial charge in [0.2, 0.25) is 0 Å². The van der Waals surface area contributed by atoms with E-state index in [1.54, 1.807) is 0 Å². The molecule has 0 heterocycles. The van der Waals surface area contributed by atoms with Gasteiger partial charge in [0.05, 0.1) is 0 Å². The zero-order chi connectivity index (χ0) is 15.2. The standard InChI is InChI=1S/C21H25N/c1-2-20-14-9-15-21(20)22(16-18-10-5-3-6-11-18)17-19-12-7-4-8-13-19/h2-8,10-13,20-21H,1,9,14-17H2/t20-,21+/m1/s1. The molecule has 2 aromatic carbocycles. The molecule has 1 fully saturated rings. The van der Waals surface area contributed by atoms with Crippen LogP contribution in [0.1, 0.15) is 30.4 Å². The Morgan fingerprint density at radius 1 is 0.864 bits per heavy atom. The van der Waals surface area contributed by atoms with Gasteiger partial charge in [-0.1, -0.05) is 73.2 Å². The minimum Gasteiger partial charge on any atom is -0.291 e. The van der Waals surface area contributed by atoms with Gasteiger partial charge in [-0.3, -0.25) is 4.90 Å². The molecule has 1 heteroatoms. The van der Waals surface area contributed by atoms with Crippen molar-refractivity contribution >= 4 is 0 Å². The van der Waals surface area contributed by atoms with Gasteiger partial charge < -0.3 is 0 Å². The van der Waals surface area contributed by atoms with Crippen LogP contribution in [0.25, 0.3) is 0 Å². The van der Waals surface area contributed by atoms with E-state index in [1.807, 2.05) is 0 Å². The first-order valence-corrected chi connectivity index (χ1v) is 8.31. The molecule has 3 rings (SSSR count). The van der Waals surface area contributed by atoms with Gasteiger partial charge in [-0.2, -0.15) is 0 Å². The highest BCUT2D eigenvalue weighted by molar-refractivity contribution is 5.18. The molecule has 0 radical (unpaired) electrons. The minimum absolute atomic E-state index is 0.623. The van der Waals surface area contributed by atoms with E-state index in [0.29, 0.717) is 12.0 Å². The molecule has 0 spiro atoms. The molecule has 0 aliphatic heterocycles. The average Bonchev–Trinajstić information content (AvgIpc) is 3.05. The van der Waals surface area contributed by atoms with Gasteiger partial charge in [0.25, 0.3) is 0 Å². The Balaban J connectivity index is 1.80. The topological polar surface area (TPSA) is 3.24 Å². The molecule has 2 aromatic rings. The van der Waals surface area contributed by atoms with E-state index in [1.165, 1.54) is 30.4 Å². The van der Waals surface area contributed by atoms with Crippen LogP contribution < -0.4 is 0 Å². The fourth-order valence-corrected chi connectivity index (χ4v) is 3.62. The maximum absolute atomic E-state index is 4.06.